The van der Waals surface area contributed by atoms with E-state index in [4.69, 9.17) is 23.7 Å². The van der Waals surface area contributed by atoms with Gasteiger partial charge in [-0.15, -0.1) is 0 Å². The molecule has 5 nitrogen and oxygen atoms in total. The largest absolute Gasteiger partial charge is 0.368 e. The lowest BCUT2D eigenvalue weighted by Crippen LogP contribution is -2.56. The second-order valence-corrected chi connectivity index (χ2v) is 8.16. The van der Waals surface area contributed by atoms with Gasteiger partial charge in [0.25, 0.3) is 0 Å². The fourth-order valence-electron chi connectivity index (χ4n) is 4.20. The molecule has 2 bridgehead atoms. The van der Waals surface area contributed by atoms with Crippen molar-refractivity contribution >= 4 is 0 Å². The molecule has 0 unspecified atom stereocenters. The van der Waals surface area contributed by atoms with Crippen LogP contribution in [-0.4, -0.2) is 37.3 Å². The van der Waals surface area contributed by atoms with Crippen molar-refractivity contribution in [2.45, 2.75) is 50.5 Å². The first-order chi connectivity index (χ1) is 15.9. The van der Waals surface area contributed by atoms with Crippen LogP contribution in [0, 0.1) is 0 Å². The molecule has 0 amide bonds. The Morgan fingerprint density at radius 2 is 1.00 bits per heavy atom. The van der Waals surface area contributed by atoms with Crippen LogP contribution < -0.4 is 0 Å². The Labute approximate surface area is 188 Å². The molecule has 5 rings (SSSR count). The average Bonchev–Trinajstić information content (AvgIpc) is 3.29. The van der Waals surface area contributed by atoms with Crippen LogP contribution in [-0.2, 0) is 43.5 Å². The van der Waals surface area contributed by atoms with Crippen LogP contribution in [0.5, 0.6) is 0 Å². The van der Waals surface area contributed by atoms with E-state index < -0.39 is 12.4 Å². The Bertz CT molecular complexity index is 892. The van der Waals surface area contributed by atoms with Crippen molar-refractivity contribution in [1.29, 1.82) is 0 Å². The van der Waals surface area contributed by atoms with Gasteiger partial charge in [-0.2, -0.15) is 0 Å². The highest BCUT2D eigenvalue weighted by Crippen LogP contribution is 2.35. The predicted octanol–water partition coefficient (Wildman–Crippen LogP) is 4.50. The molecule has 0 N–H and O–H groups in total. The average molecular weight is 433 g/mol. The van der Waals surface area contributed by atoms with E-state index in [0.29, 0.717) is 26.4 Å². The van der Waals surface area contributed by atoms with E-state index in [2.05, 4.69) is 24.3 Å². The van der Waals surface area contributed by atoms with Crippen LogP contribution >= 0.6 is 0 Å². The van der Waals surface area contributed by atoms with Crippen molar-refractivity contribution in [3.8, 4) is 0 Å². The molecule has 5 heteroatoms. The summed E-state index contributed by atoms with van der Waals surface area (Å²) in [5.41, 5.74) is 3.31. The first kappa shape index (κ1) is 21.3. The number of ether oxygens (including phenoxy) is 5. The minimum atomic E-state index is -0.457. The minimum Gasteiger partial charge on any atom is -0.368 e. The van der Waals surface area contributed by atoms with E-state index in [1.807, 2.05) is 66.7 Å². The Morgan fingerprint density at radius 1 is 0.562 bits per heavy atom. The Hall–Kier alpha value is -2.54. The number of fused-ring (bicyclic) bond motifs is 2. The zero-order valence-electron chi connectivity index (χ0n) is 17.9. The number of hydrogen-bond acceptors (Lipinski definition) is 5. The van der Waals surface area contributed by atoms with Gasteiger partial charge in [0.2, 0.25) is 0 Å². The summed E-state index contributed by atoms with van der Waals surface area (Å²) in [6, 6.07) is 30.4. The third-order valence-corrected chi connectivity index (χ3v) is 5.87. The molecule has 0 radical (unpaired) electrons. The van der Waals surface area contributed by atoms with Gasteiger partial charge in [-0.25, -0.2) is 0 Å². The molecule has 3 aromatic rings. The van der Waals surface area contributed by atoms with Crippen LogP contribution in [0.25, 0.3) is 0 Å². The van der Waals surface area contributed by atoms with Crippen LogP contribution in [0.4, 0.5) is 0 Å². The van der Waals surface area contributed by atoms with Gasteiger partial charge in [0.1, 0.15) is 24.4 Å². The number of rotatable bonds is 9. The van der Waals surface area contributed by atoms with Gasteiger partial charge in [0.05, 0.1) is 26.4 Å². The summed E-state index contributed by atoms with van der Waals surface area (Å²) in [5.74, 6) is 0. The van der Waals surface area contributed by atoms with E-state index in [0.717, 1.165) is 16.7 Å². The summed E-state index contributed by atoms with van der Waals surface area (Å²) in [4.78, 5) is 0. The standard InChI is InChI=1S/C27H28O5/c1-4-10-20(11-5-1)16-28-24-23-19-31-27(32-23)26(30-18-22-14-8-3-9-15-22)25(24)29-17-21-12-6-2-7-13-21/h1-15,23-27H,16-19H2/t23-,24+,25+,26-,27-/m0/s1. The maximum atomic E-state index is 6.44. The molecule has 0 aromatic heterocycles. The molecule has 0 aliphatic carbocycles. The van der Waals surface area contributed by atoms with E-state index in [-0.39, 0.29) is 18.3 Å². The molecule has 5 atom stereocenters. The first-order valence-electron chi connectivity index (χ1n) is 11.1. The van der Waals surface area contributed by atoms with Gasteiger partial charge in [0.15, 0.2) is 6.29 Å². The molecule has 0 spiro atoms. The highest BCUT2D eigenvalue weighted by atomic mass is 16.8. The predicted molar refractivity (Wildman–Crippen MR) is 120 cm³/mol. The quantitative estimate of drug-likeness (QED) is 0.498. The van der Waals surface area contributed by atoms with E-state index in [1.165, 1.54) is 0 Å². The second kappa shape index (κ2) is 10.4. The Morgan fingerprint density at radius 3 is 1.50 bits per heavy atom. The van der Waals surface area contributed by atoms with Gasteiger partial charge in [-0.3, -0.25) is 0 Å². The lowest BCUT2D eigenvalue weighted by Gasteiger charge is -2.40. The van der Waals surface area contributed by atoms with Crippen molar-refractivity contribution in [3.63, 3.8) is 0 Å². The SMILES string of the molecule is c1ccc(CO[C@H]2[C@H](OCc3ccccc3)[C@H]3OC[C@H](O3)[C@H]2OCc2ccccc2)cc1. The topological polar surface area (TPSA) is 46.2 Å². The van der Waals surface area contributed by atoms with Gasteiger partial charge in [-0.05, 0) is 16.7 Å². The lowest BCUT2D eigenvalue weighted by atomic mass is 10.00. The number of benzene rings is 3. The zero-order valence-corrected chi connectivity index (χ0v) is 17.9. The fraction of sp³-hybridized carbons (Fsp3) is 0.333. The maximum Gasteiger partial charge on any atom is 0.187 e. The highest BCUT2D eigenvalue weighted by molar-refractivity contribution is 5.15. The van der Waals surface area contributed by atoms with Crippen LogP contribution in [0.3, 0.4) is 0 Å². The third-order valence-electron chi connectivity index (χ3n) is 5.87. The molecule has 2 aliphatic heterocycles. The van der Waals surface area contributed by atoms with Crippen molar-refractivity contribution in [2.75, 3.05) is 6.61 Å². The molecular formula is C27H28O5. The van der Waals surface area contributed by atoms with Crippen molar-refractivity contribution in [3.05, 3.63) is 108 Å². The molecule has 32 heavy (non-hydrogen) atoms. The summed E-state index contributed by atoms with van der Waals surface area (Å²) in [6.45, 7) is 1.88. The molecule has 2 aliphatic rings. The molecule has 0 saturated carbocycles. The summed E-state index contributed by atoms with van der Waals surface area (Å²) >= 11 is 0. The van der Waals surface area contributed by atoms with Crippen LogP contribution in [0.1, 0.15) is 16.7 Å². The van der Waals surface area contributed by atoms with E-state index in [1.54, 1.807) is 0 Å². The molecular weight excluding hydrogens is 404 g/mol. The smallest absolute Gasteiger partial charge is 0.187 e. The van der Waals surface area contributed by atoms with E-state index >= 15 is 0 Å². The molecule has 3 aromatic carbocycles. The van der Waals surface area contributed by atoms with Crippen LogP contribution in [0.15, 0.2) is 91.0 Å². The second-order valence-electron chi connectivity index (χ2n) is 8.16. The van der Waals surface area contributed by atoms with Crippen molar-refractivity contribution in [2.24, 2.45) is 0 Å². The van der Waals surface area contributed by atoms with E-state index in [9.17, 15) is 0 Å². The third kappa shape index (κ3) is 5.09. The summed E-state index contributed by atoms with van der Waals surface area (Å²) in [6.07, 6.45) is -1.63. The summed E-state index contributed by atoms with van der Waals surface area (Å²) < 4.78 is 31.2. The fourth-order valence-corrected chi connectivity index (χ4v) is 4.20. The molecule has 2 heterocycles. The molecule has 2 saturated heterocycles. The number of hydrogen-bond donors (Lipinski definition) is 0. The molecule has 2 fully saturated rings. The highest BCUT2D eigenvalue weighted by Gasteiger charge is 2.52. The van der Waals surface area contributed by atoms with Crippen molar-refractivity contribution in [1.82, 2.24) is 0 Å². The van der Waals surface area contributed by atoms with Crippen LogP contribution in [0.2, 0.25) is 0 Å². The lowest BCUT2D eigenvalue weighted by molar-refractivity contribution is -0.268. The molecule has 166 valence electrons. The normalized spacial score (nSPS) is 26.8. The Kier molecular flexibility index (Phi) is 6.92. The van der Waals surface area contributed by atoms with Gasteiger partial charge >= 0.3 is 0 Å². The maximum absolute atomic E-state index is 6.44. The zero-order chi connectivity index (χ0) is 21.6. The van der Waals surface area contributed by atoms with Gasteiger partial charge < -0.3 is 23.7 Å². The Balaban J connectivity index is 1.33. The first-order valence-corrected chi connectivity index (χ1v) is 11.1. The minimum absolute atomic E-state index is 0.180. The summed E-state index contributed by atoms with van der Waals surface area (Å²) in [7, 11) is 0. The monoisotopic (exact) mass is 432 g/mol. The van der Waals surface area contributed by atoms with Gasteiger partial charge in [-0.1, -0.05) is 91.0 Å². The summed E-state index contributed by atoms with van der Waals surface area (Å²) in [5, 5.41) is 0. The van der Waals surface area contributed by atoms with Crippen molar-refractivity contribution < 1.29 is 23.7 Å². The van der Waals surface area contributed by atoms with Gasteiger partial charge in [0, 0.05) is 0 Å².